The Morgan fingerprint density at radius 1 is 1.39 bits per heavy atom. The van der Waals surface area contributed by atoms with Crippen molar-refractivity contribution in [2.24, 2.45) is 0 Å². The molecule has 0 aliphatic heterocycles. The van der Waals surface area contributed by atoms with Gasteiger partial charge < -0.3 is 5.32 Å². The van der Waals surface area contributed by atoms with Crippen molar-refractivity contribution in [2.45, 2.75) is 19.1 Å². The predicted molar refractivity (Wildman–Crippen MR) is 64.4 cm³/mol. The minimum absolute atomic E-state index is 0.0998. The topological polar surface area (TPSA) is 24.9 Å². The molecule has 1 radical (unpaired) electrons. The van der Waals surface area contributed by atoms with E-state index in [1.807, 2.05) is 24.4 Å². The highest BCUT2D eigenvalue weighted by Crippen LogP contribution is 2.29. The Kier molecular flexibility index (Phi) is 3.56. The van der Waals surface area contributed by atoms with Crippen molar-refractivity contribution in [2.75, 3.05) is 5.32 Å². The third-order valence-corrected chi connectivity index (χ3v) is 3.36. The second kappa shape index (κ2) is 4.97. The molecule has 2 nitrogen and oxygen atoms in total. The SMILES string of the molecule is CC(Nc1[c]ccc(C(F)(F)F)n1)c1cccs1. The molecule has 2 aromatic heterocycles. The van der Waals surface area contributed by atoms with E-state index in [2.05, 4.69) is 16.4 Å². The number of hydrogen-bond acceptors (Lipinski definition) is 3. The Labute approximate surface area is 106 Å². The third kappa shape index (κ3) is 3.01. The van der Waals surface area contributed by atoms with Crippen LogP contribution in [0.5, 0.6) is 0 Å². The van der Waals surface area contributed by atoms with Gasteiger partial charge in [-0.2, -0.15) is 13.2 Å². The van der Waals surface area contributed by atoms with Crippen LogP contribution in [0.1, 0.15) is 23.5 Å². The molecule has 0 aliphatic carbocycles. The van der Waals surface area contributed by atoms with Crippen molar-refractivity contribution in [3.63, 3.8) is 0 Å². The summed E-state index contributed by atoms with van der Waals surface area (Å²) in [7, 11) is 0. The molecule has 0 aromatic carbocycles. The maximum Gasteiger partial charge on any atom is 0.433 e. The molecule has 95 valence electrons. The van der Waals surface area contributed by atoms with Crippen LogP contribution in [-0.2, 0) is 6.18 Å². The number of hydrogen-bond donors (Lipinski definition) is 1. The van der Waals surface area contributed by atoms with Crippen molar-refractivity contribution in [1.29, 1.82) is 0 Å². The number of nitrogens with zero attached hydrogens (tertiary/aromatic N) is 1. The smallest absolute Gasteiger partial charge is 0.362 e. The van der Waals surface area contributed by atoms with E-state index < -0.39 is 11.9 Å². The van der Waals surface area contributed by atoms with Gasteiger partial charge in [-0.1, -0.05) is 6.07 Å². The van der Waals surface area contributed by atoms with E-state index in [-0.39, 0.29) is 11.9 Å². The monoisotopic (exact) mass is 271 g/mol. The fourth-order valence-corrected chi connectivity index (χ4v) is 2.17. The van der Waals surface area contributed by atoms with Gasteiger partial charge in [0.15, 0.2) is 0 Å². The molecule has 0 spiro atoms. The normalized spacial score (nSPS) is 13.3. The van der Waals surface area contributed by atoms with E-state index in [1.54, 1.807) is 0 Å². The van der Waals surface area contributed by atoms with Crippen molar-refractivity contribution in [3.8, 4) is 0 Å². The molecule has 2 rings (SSSR count). The summed E-state index contributed by atoms with van der Waals surface area (Å²) in [5.41, 5.74) is -0.915. The van der Waals surface area contributed by atoms with Crippen LogP contribution in [0.15, 0.2) is 29.6 Å². The van der Waals surface area contributed by atoms with Gasteiger partial charge in [-0.25, -0.2) is 4.98 Å². The summed E-state index contributed by atoms with van der Waals surface area (Å²) in [4.78, 5) is 4.54. The van der Waals surface area contributed by atoms with Crippen LogP contribution in [0, 0.1) is 6.07 Å². The number of aromatic nitrogens is 1. The van der Waals surface area contributed by atoms with Gasteiger partial charge in [0.05, 0.1) is 6.04 Å². The van der Waals surface area contributed by atoms with E-state index in [0.29, 0.717) is 0 Å². The van der Waals surface area contributed by atoms with E-state index >= 15 is 0 Å². The summed E-state index contributed by atoms with van der Waals surface area (Å²) in [5.74, 6) is 0.103. The Hall–Kier alpha value is -1.56. The number of pyridine rings is 1. The van der Waals surface area contributed by atoms with Gasteiger partial charge in [-0.15, -0.1) is 11.3 Å². The van der Waals surface area contributed by atoms with Crippen LogP contribution in [-0.4, -0.2) is 4.98 Å². The van der Waals surface area contributed by atoms with Gasteiger partial charge in [0, 0.05) is 10.9 Å². The molecule has 1 N–H and O–H groups in total. The zero-order valence-electron chi connectivity index (χ0n) is 9.45. The number of halogens is 3. The van der Waals surface area contributed by atoms with E-state index in [0.717, 1.165) is 10.9 Å². The lowest BCUT2D eigenvalue weighted by Crippen LogP contribution is -2.11. The molecule has 2 heterocycles. The zero-order chi connectivity index (χ0) is 13.2. The Bertz CT molecular complexity index is 508. The summed E-state index contributed by atoms with van der Waals surface area (Å²) in [6.07, 6.45) is -4.43. The van der Waals surface area contributed by atoms with E-state index in [4.69, 9.17) is 0 Å². The Morgan fingerprint density at radius 3 is 2.78 bits per heavy atom. The van der Waals surface area contributed by atoms with Gasteiger partial charge in [0.1, 0.15) is 11.5 Å². The van der Waals surface area contributed by atoms with Crippen LogP contribution in [0.4, 0.5) is 19.0 Å². The molecular formula is C12H10F3N2S. The van der Waals surface area contributed by atoms with Crippen molar-refractivity contribution < 1.29 is 13.2 Å². The van der Waals surface area contributed by atoms with Gasteiger partial charge in [0.2, 0.25) is 0 Å². The highest BCUT2D eigenvalue weighted by atomic mass is 32.1. The third-order valence-electron chi connectivity index (χ3n) is 2.31. The van der Waals surface area contributed by atoms with Crippen molar-refractivity contribution >= 4 is 17.2 Å². The summed E-state index contributed by atoms with van der Waals surface area (Å²) in [5, 5.41) is 4.81. The highest BCUT2D eigenvalue weighted by Gasteiger charge is 2.32. The number of alkyl halides is 3. The highest BCUT2D eigenvalue weighted by molar-refractivity contribution is 7.10. The molecule has 0 fully saturated rings. The van der Waals surface area contributed by atoms with Gasteiger partial charge >= 0.3 is 6.18 Å². The molecule has 0 bridgehead atoms. The molecule has 0 saturated heterocycles. The average molecular weight is 271 g/mol. The minimum Gasteiger partial charge on any atom is -0.362 e. The van der Waals surface area contributed by atoms with Crippen LogP contribution < -0.4 is 5.32 Å². The second-order valence-corrected chi connectivity index (χ2v) is 4.68. The molecule has 6 heteroatoms. The van der Waals surface area contributed by atoms with Gasteiger partial charge in [-0.05, 0) is 30.5 Å². The lowest BCUT2D eigenvalue weighted by molar-refractivity contribution is -0.141. The van der Waals surface area contributed by atoms with Crippen LogP contribution in [0.25, 0.3) is 0 Å². The molecule has 1 unspecified atom stereocenters. The van der Waals surface area contributed by atoms with Crippen LogP contribution >= 0.6 is 11.3 Å². The molecule has 0 aliphatic rings. The summed E-state index contributed by atoms with van der Waals surface area (Å²) < 4.78 is 37.4. The van der Waals surface area contributed by atoms with Crippen LogP contribution in [0.3, 0.4) is 0 Å². The van der Waals surface area contributed by atoms with Crippen molar-refractivity contribution in [3.05, 3.63) is 46.3 Å². The van der Waals surface area contributed by atoms with Gasteiger partial charge in [0.25, 0.3) is 0 Å². The van der Waals surface area contributed by atoms with Crippen LogP contribution in [0.2, 0.25) is 0 Å². The molecular weight excluding hydrogens is 261 g/mol. The summed E-state index contributed by atoms with van der Waals surface area (Å²) in [6, 6.07) is 8.48. The number of anilines is 1. The molecule has 0 saturated carbocycles. The molecule has 2 aromatic rings. The Morgan fingerprint density at radius 2 is 2.17 bits per heavy atom. The summed E-state index contributed by atoms with van der Waals surface area (Å²) >= 11 is 1.53. The maximum absolute atomic E-state index is 12.5. The Balaban J connectivity index is 2.15. The molecule has 0 amide bonds. The first-order chi connectivity index (χ1) is 8.47. The van der Waals surface area contributed by atoms with Crippen molar-refractivity contribution in [1.82, 2.24) is 4.98 Å². The van der Waals surface area contributed by atoms with E-state index in [9.17, 15) is 13.2 Å². The fourth-order valence-electron chi connectivity index (χ4n) is 1.44. The maximum atomic E-state index is 12.5. The number of thiophene rings is 1. The number of nitrogens with one attached hydrogen (secondary N) is 1. The molecule has 18 heavy (non-hydrogen) atoms. The first-order valence-electron chi connectivity index (χ1n) is 5.22. The quantitative estimate of drug-likeness (QED) is 0.907. The standard InChI is InChI=1S/C12H10F3N2S/c1-8(9-4-3-7-18-9)16-11-6-2-5-10(17-11)12(13,14)15/h2-5,7-8H,1H3,(H,16,17). The first kappa shape index (κ1) is 12.9. The first-order valence-corrected chi connectivity index (χ1v) is 6.10. The number of rotatable bonds is 3. The van der Waals surface area contributed by atoms with E-state index in [1.165, 1.54) is 17.4 Å². The largest absolute Gasteiger partial charge is 0.433 e. The fraction of sp³-hybridized carbons (Fsp3) is 0.250. The zero-order valence-corrected chi connectivity index (χ0v) is 10.3. The summed E-state index contributed by atoms with van der Waals surface area (Å²) in [6.45, 7) is 1.86. The lowest BCUT2D eigenvalue weighted by Gasteiger charge is -2.14. The minimum atomic E-state index is -4.43. The average Bonchev–Trinajstić information content (AvgIpc) is 2.81. The lowest BCUT2D eigenvalue weighted by atomic mass is 10.2. The van der Waals surface area contributed by atoms with Gasteiger partial charge in [-0.3, -0.25) is 0 Å². The second-order valence-electron chi connectivity index (χ2n) is 3.70. The predicted octanol–water partition coefficient (Wildman–Crippen LogP) is 4.14. The molecule has 1 atom stereocenters.